The second-order valence-electron chi connectivity index (χ2n) is 19.2. The van der Waals surface area contributed by atoms with Crippen molar-refractivity contribution in [2.45, 2.75) is 0 Å². The summed E-state index contributed by atoms with van der Waals surface area (Å²) in [5.41, 5.74) is -13.4. The second kappa shape index (κ2) is 23.1. The molecule has 12 rings (SSSR count). The summed E-state index contributed by atoms with van der Waals surface area (Å²) in [7, 11) is 0. The molecule has 89 heavy (non-hydrogen) atoms. The molecule has 0 radical (unpaired) electrons. The van der Waals surface area contributed by atoms with Crippen LogP contribution in [0.1, 0.15) is 0 Å². The van der Waals surface area contributed by atoms with Crippen LogP contribution in [0.5, 0.6) is 23.0 Å². The van der Waals surface area contributed by atoms with Gasteiger partial charge in [0, 0.05) is 0 Å². The SMILES string of the molecule is [O-]c1c(-c2c(F)c(F)c(F)c(F)c2F)cc2ccccc2c1-c1c([O-])c(-c2c(F)c(F)c(F)c(F)c2F)cc2ccccc12.[O-]c1c(-c2c(F)c(F)c(F)c(F)c2F)cc2ccccc2c1-c1c([O-])c(-c2c(F)c(F)c(F)c(F)c2F)cc2ccccc12.[Sn+4]. The Balaban J connectivity index is 0.000000194. The zero-order valence-electron chi connectivity index (χ0n) is 43.2. The summed E-state index contributed by atoms with van der Waals surface area (Å²) in [5.74, 6) is -53.2. The summed E-state index contributed by atoms with van der Waals surface area (Å²) in [6.45, 7) is 0. The summed E-state index contributed by atoms with van der Waals surface area (Å²) >= 11 is 0. The van der Waals surface area contributed by atoms with Gasteiger partial charge in [0.15, 0.2) is 93.1 Å². The van der Waals surface area contributed by atoms with Crippen LogP contribution in [-0.2, 0) is 0 Å². The standard InChI is InChI=1S/2C32H12F10O2.Sn/c2*33-21-19(22(34)26(38)29(41)25(21)37)15-9-11-5-1-3-7-13(11)17(31(15)43)18-14-8-4-2-6-12(14)10-16(32(18)44)20-23(35)27(39)30(42)28(40)24(20)36;/h2*1-10,43-44H;/q;;+4/p-4. The normalized spacial score (nSPS) is 11.5. The van der Waals surface area contributed by atoms with Gasteiger partial charge in [-0.1, -0.05) is 120 Å². The predicted molar refractivity (Wildman–Crippen MR) is 278 cm³/mol. The molecule has 0 unspecified atom stereocenters. The molecular formula is C64H20F20O4Sn. The molecule has 0 aliphatic rings. The summed E-state index contributed by atoms with van der Waals surface area (Å²) in [4.78, 5) is 0. The summed E-state index contributed by atoms with van der Waals surface area (Å²) in [6.07, 6.45) is 0. The third kappa shape index (κ3) is 9.56. The van der Waals surface area contributed by atoms with Gasteiger partial charge in [-0.25, -0.2) is 87.8 Å². The molecule has 25 heteroatoms. The fourth-order valence-corrected chi connectivity index (χ4v) is 10.4. The van der Waals surface area contributed by atoms with Crippen LogP contribution in [0.3, 0.4) is 0 Å². The van der Waals surface area contributed by atoms with E-state index in [2.05, 4.69) is 0 Å². The molecule has 0 bridgehead atoms. The van der Waals surface area contributed by atoms with Gasteiger partial charge in [-0.2, -0.15) is 0 Å². The summed E-state index contributed by atoms with van der Waals surface area (Å²) < 4.78 is 288. The van der Waals surface area contributed by atoms with E-state index in [1.54, 1.807) is 0 Å². The van der Waals surface area contributed by atoms with Gasteiger partial charge in [0.05, 0.1) is 22.3 Å². The van der Waals surface area contributed by atoms with E-state index in [-0.39, 0.29) is 67.0 Å². The first kappa shape index (κ1) is 62.3. The average Bonchev–Trinajstić information content (AvgIpc) is 0.790. The Morgan fingerprint density at radius 2 is 0.315 bits per heavy atom. The van der Waals surface area contributed by atoms with Gasteiger partial charge in [0.2, 0.25) is 23.3 Å². The van der Waals surface area contributed by atoms with Crippen molar-refractivity contribution < 1.29 is 108 Å². The Bertz CT molecular complexity index is 4320. The molecule has 0 heterocycles. The van der Waals surface area contributed by atoms with Gasteiger partial charge in [0.1, 0.15) is 0 Å². The van der Waals surface area contributed by atoms with Gasteiger partial charge < -0.3 is 20.4 Å². The van der Waals surface area contributed by atoms with Gasteiger partial charge in [-0.15, -0.1) is 0 Å². The molecule has 0 aliphatic heterocycles. The largest absolute Gasteiger partial charge is 4.00 e. The smallest absolute Gasteiger partial charge is 0.872 e. The maximum atomic E-state index is 14.9. The van der Waals surface area contributed by atoms with Gasteiger partial charge in [-0.05, 0) is 112 Å². The first-order valence-electron chi connectivity index (χ1n) is 24.7. The number of hydrogen-bond donors (Lipinski definition) is 0. The Morgan fingerprint density at radius 3 is 0.472 bits per heavy atom. The van der Waals surface area contributed by atoms with Crippen LogP contribution in [0.2, 0.25) is 0 Å². The fourth-order valence-electron chi connectivity index (χ4n) is 10.4. The molecule has 0 aliphatic carbocycles. The second-order valence-corrected chi connectivity index (χ2v) is 19.2. The summed E-state index contributed by atoms with van der Waals surface area (Å²) in [5, 5.41) is 55.5. The minimum absolute atomic E-state index is 0. The van der Waals surface area contributed by atoms with E-state index in [9.17, 15) is 108 Å². The maximum Gasteiger partial charge on any atom is 4.00 e. The van der Waals surface area contributed by atoms with Crippen LogP contribution >= 0.6 is 0 Å². The quantitative estimate of drug-likeness (QED) is 0.0718. The third-order valence-electron chi connectivity index (χ3n) is 14.4. The van der Waals surface area contributed by atoms with Gasteiger partial charge >= 0.3 is 23.9 Å². The molecule has 0 saturated heterocycles. The van der Waals surface area contributed by atoms with E-state index in [1.165, 1.54) is 97.1 Å². The number of benzene rings is 12. The van der Waals surface area contributed by atoms with Crippen LogP contribution in [-0.4, -0.2) is 23.9 Å². The van der Waals surface area contributed by atoms with Crippen LogP contribution in [0.25, 0.3) is 110 Å². The molecule has 0 N–H and O–H groups in total. The van der Waals surface area contributed by atoms with Crippen molar-refractivity contribution in [3.63, 3.8) is 0 Å². The molecule has 12 aromatic carbocycles. The molecule has 0 fully saturated rings. The molecule has 0 saturated carbocycles. The third-order valence-corrected chi connectivity index (χ3v) is 14.4. The minimum Gasteiger partial charge on any atom is -0.872 e. The van der Waals surface area contributed by atoms with Gasteiger partial charge in [-0.3, -0.25) is 0 Å². The number of rotatable bonds is 6. The number of halogens is 20. The Morgan fingerprint density at radius 1 is 0.180 bits per heavy atom. The average molecular weight is 1350 g/mol. The monoisotopic (exact) mass is 1350 g/mol. The zero-order chi connectivity index (χ0) is 63.5. The van der Waals surface area contributed by atoms with Crippen LogP contribution in [0.15, 0.2) is 121 Å². The van der Waals surface area contributed by atoms with Crippen LogP contribution < -0.4 is 20.4 Å². The first-order valence-corrected chi connectivity index (χ1v) is 24.7. The fraction of sp³-hybridized carbons (Fsp3) is 0. The molecule has 0 aromatic heterocycles. The van der Waals surface area contributed by atoms with E-state index in [0.29, 0.717) is 0 Å². The van der Waals surface area contributed by atoms with E-state index in [1.807, 2.05) is 0 Å². The van der Waals surface area contributed by atoms with E-state index in [0.717, 1.165) is 24.3 Å². The Hall–Kier alpha value is -9.72. The number of fused-ring (bicyclic) bond motifs is 4. The van der Waals surface area contributed by atoms with Crippen molar-refractivity contribution in [3.8, 4) is 89.8 Å². The van der Waals surface area contributed by atoms with Crippen molar-refractivity contribution >= 4 is 67.0 Å². The van der Waals surface area contributed by atoms with Crippen molar-refractivity contribution in [2.24, 2.45) is 0 Å². The Labute approximate surface area is 500 Å². The first-order chi connectivity index (χ1) is 41.7. The van der Waals surface area contributed by atoms with E-state index in [4.69, 9.17) is 0 Å². The predicted octanol–water partition coefficient (Wildman–Crippen LogP) is 16.7. The zero-order valence-corrected chi connectivity index (χ0v) is 46.1. The van der Waals surface area contributed by atoms with Crippen molar-refractivity contribution in [2.75, 3.05) is 0 Å². The molecule has 444 valence electrons. The van der Waals surface area contributed by atoms with Crippen molar-refractivity contribution in [1.29, 1.82) is 0 Å². The molecule has 0 spiro atoms. The topological polar surface area (TPSA) is 92.2 Å². The van der Waals surface area contributed by atoms with Crippen LogP contribution in [0.4, 0.5) is 87.8 Å². The van der Waals surface area contributed by atoms with Gasteiger partial charge in [0.25, 0.3) is 0 Å². The maximum absolute atomic E-state index is 14.9. The molecule has 0 atom stereocenters. The van der Waals surface area contributed by atoms with Crippen molar-refractivity contribution in [1.82, 2.24) is 0 Å². The molecule has 0 amide bonds. The van der Waals surface area contributed by atoms with Crippen LogP contribution in [0, 0.1) is 116 Å². The molecule has 12 aromatic rings. The minimum atomic E-state index is -2.49. The number of hydrogen-bond acceptors (Lipinski definition) is 4. The van der Waals surface area contributed by atoms with E-state index >= 15 is 0 Å². The van der Waals surface area contributed by atoms with E-state index < -0.39 is 206 Å². The van der Waals surface area contributed by atoms with Crippen molar-refractivity contribution in [3.05, 3.63) is 238 Å². The molecular weight excluding hydrogens is 1330 g/mol. The molecule has 4 nitrogen and oxygen atoms in total. The summed E-state index contributed by atoms with van der Waals surface area (Å²) in [6, 6.07) is 24.6. The Kier molecular flexibility index (Phi) is 16.2.